The predicted octanol–water partition coefficient (Wildman–Crippen LogP) is 3.30. The van der Waals surface area contributed by atoms with Crippen molar-refractivity contribution in [1.29, 1.82) is 0 Å². The van der Waals surface area contributed by atoms with Crippen LogP contribution < -0.4 is 0 Å². The second-order valence-corrected chi connectivity index (χ2v) is 4.57. The summed E-state index contributed by atoms with van der Waals surface area (Å²) in [5.74, 6) is 1.26. The zero-order valence-electron chi connectivity index (χ0n) is 7.03. The number of rotatable bonds is 2. The second kappa shape index (κ2) is 2.92. The van der Waals surface area contributed by atoms with Gasteiger partial charge in [-0.3, -0.25) is 0 Å². The molecule has 0 aromatic carbocycles. The molecule has 0 fully saturated rings. The van der Waals surface area contributed by atoms with Gasteiger partial charge in [-0.25, -0.2) is 0 Å². The van der Waals surface area contributed by atoms with E-state index in [1.807, 2.05) is 0 Å². The Morgan fingerprint density at radius 3 is 1.44 bits per heavy atom. The molecule has 0 aliphatic carbocycles. The minimum Gasteiger partial charge on any atom is -0.120 e. The summed E-state index contributed by atoms with van der Waals surface area (Å²) in [5, 5.41) is 0. The van der Waals surface area contributed by atoms with Gasteiger partial charge in [0.1, 0.15) is 0 Å². The summed E-state index contributed by atoms with van der Waals surface area (Å²) in [6, 6.07) is 0. The van der Waals surface area contributed by atoms with Gasteiger partial charge in [0.05, 0.1) is 0 Å². The third kappa shape index (κ3) is 3.10. The van der Waals surface area contributed by atoms with E-state index in [-0.39, 0.29) is 4.87 Å². The zero-order valence-corrected chi connectivity index (χ0v) is 7.79. The Morgan fingerprint density at radius 1 is 1.11 bits per heavy atom. The standard InChI is InChI=1S/C8H17Cl/c1-6(2)7(3)8(4,5)9/h6-7H,1-5H3. The third-order valence-corrected chi connectivity index (χ3v) is 2.43. The fourth-order valence-corrected chi connectivity index (χ4v) is 1.04. The summed E-state index contributed by atoms with van der Waals surface area (Å²) < 4.78 is 0. The van der Waals surface area contributed by atoms with Crippen molar-refractivity contribution in [2.45, 2.75) is 39.5 Å². The van der Waals surface area contributed by atoms with E-state index in [2.05, 4.69) is 34.6 Å². The summed E-state index contributed by atoms with van der Waals surface area (Å²) in [6.45, 7) is 10.7. The Bertz CT molecular complexity index is 79.1. The van der Waals surface area contributed by atoms with Gasteiger partial charge in [0.25, 0.3) is 0 Å². The van der Waals surface area contributed by atoms with Crippen LogP contribution >= 0.6 is 11.6 Å². The molecule has 0 heterocycles. The molecule has 0 aliphatic rings. The van der Waals surface area contributed by atoms with Crippen LogP contribution in [0.1, 0.15) is 34.6 Å². The SMILES string of the molecule is CC(C)C(C)C(C)(C)Cl. The Labute approximate surface area is 63.6 Å². The van der Waals surface area contributed by atoms with Crippen LogP contribution in [0.2, 0.25) is 0 Å². The van der Waals surface area contributed by atoms with Gasteiger partial charge < -0.3 is 0 Å². The maximum absolute atomic E-state index is 6.08. The summed E-state index contributed by atoms with van der Waals surface area (Å²) in [7, 11) is 0. The quantitative estimate of drug-likeness (QED) is 0.528. The molecular weight excluding hydrogens is 132 g/mol. The van der Waals surface area contributed by atoms with Crippen LogP contribution in [0.25, 0.3) is 0 Å². The van der Waals surface area contributed by atoms with Crippen LogP contribution in [0, 0.1) is 11.8 Å². The van der Waals surface area contributed by atoms with Crippen molar-refractivity contribution in [2.75, 3.05) is 0 Å². The number of hydrogen-bond acceptors (Lipinski definition) is 0. The molecule has 0 aliphatic heterocycles. The van der Waals surface area contributed by atoms with Crippen molar-refractivity contribution in [3.05, 3.63) is 0 Å². The van der Waals surface area contributed by atoms with Crippen LogP contribution in [0.15, 0.2) is 0 Å². The van der Waals surface area contributed by atoms with Gasteiger partial charge >= 0.3 is 0 Å². The first-order valence-electron chi connectivity index (χ1n) is 3.54. The third-order valence-electron chi connectivity index (χ3n) is 2.08. The van der Waals surface area contributed by atoms with Gasteiger partial charge in [0.2, 0.25) is 0 Å². The summed E-state index contributed by atoms with van der Waals surface area (Å²) in [4.78, 5) is -0.0475. The number of alkyl halides is 1. The molecule has 0 rings (SSSR count). The molecule has 0 saturated carbocycles. The van der Waals surface area contributed by atoms with Gasteiger partial charge in [0, 0.05) is 4.87 Å². The largest absolute Gasteiger partial charge is 0.120 e. The lowest BCUT2D eigenvalue weighted by Crippen LogP contribution is -2.26. The highest BCUT2D eigenvalue weighted by atomic mass is 35.5. The zero-order chi connectivity index (χ0) is 7.65. The lowest BCUT2D eigenvalue weighted by molar-refractivity contribution is 0.340. The molecule has 9 heavy (non-hydrogen) atoms. The van der Waals surface area contributed by atoms with Crippen LogP contribution in [0.5, 0.6) is 0 Å². The van der Waals surface area contributed by atoms with E-state index in [1.54, 1.807) is 0 Å². The fraction of sp³-hybridized carbons (Fsp3) is 1.00. The Kier molecular flexibility index (Phi) is 3.01. The molecule has 0 amide bonds. The van der Waals surface area contributed by atoms with Crippen molar-refractivity contribution < 1.29 is 0 Å². The summed E-state index contributed by atoms with van der Waals surface area (Å²) in [6.07, 6.45) is 0. The summed E-state index contributed by atoms with van der Waals surface area (Å²) in [5.41, 5.74) is 0. The van der Waals surface area contributed by atoms with Crippen LogP contribution in [0.3, 0.4) is 0 Å². The Hall–Kier alpha value is 0.290. The average molecular weight is 149 g/mol. The number of halogens is 1. The Morgan fingerprint density at radius 2 is 1.44 bits per heavy atom. The molecule has 0 N–H and O–H groups in total. The van der Waals surface area contributed by atoms with Crippen molar-refractivity contribution in [3.8, 4) is 0 Å². The van der Waals surface area contributed by atoms with E-state index in [9.17, 15) is 0 Å². The monoisotopic (exact) mass is 148 g/mol. The molecule has 0 aromatic heterocycles. The second-order valence-electron chi connectivity index (χ2n) is 3.60. The first kappa shape index (κ1) is 9.29. The lowest BCUT2D eigenvalue weighted by Gasteiger charge is -2.27. The van der Waals surface area contributed by atoms with Crippen LogP contribution in [-0.2, 0) is 0 Å². The van der Waals surface area contributed by atoms with Gasteiger partial charge in [-0.15, -0.1) is 11.6 Å². The molecule has 0 bridgehead atoms. The van der Waals surface area contributed by atoms with E-state index in [0.717, 1.165) is 0 Å². The minimum atomic E-state index is -0.0475. The average Bonchev–Trinajstić information content (AvgIpc) is 1.62. The molecule has 1 atom stereocenters. The van der Waals surface area contributed by atoms with E-state index in [0.29, 0.717) is 11.8 Å². The molecule has 0 nitrogen and oxygen atoms in total. The van der Waals surface area contributed by atoms with Gasteiger partial charge in [-0.2, -0.15) is 0 Å². The van der Waals surface area contributed by atoms with Gasteiger partial charge in [0.15, 0.2) is 0 Å². The maximum Gasteiger partial charge on any atom is 0.0418 e. The molecule has 56 valence electrons. The smallest absolute Gasteiger partial charge is 0.0418 e. The number of hydrogen-bond donors (Lipinski definition) is 0. The fourth-order valence-electron chi connectivity index (χ4n) is 0.793. The topological polar surface area (TPSA) is 0 Å². The molecule has 1 heteroatoms. The van der Waals surface area contributed by atoms with Gasteiger partial charge in [-0.1, -0.05) is 20.8 Å². The molecule has 0 saturated heterocycles. The van der Waals surface area contributed by atoms with Crippen LogP contribution in [-0.4, -0.2) is 4.87 Å². The van der Waals surface area contributed by atoms with E-state index < -0.39 is 0 Å². The van der Waals surface area contributed by atoms with E-state index >= 15 is 0 Å². The summed E-state index contributed by atoms with van der Waals surface area (Å²) >= 11 is 6.08. The van der Waals surface area contributed by atoms with Gasteiger partial charge in [-0.05, 0) is 25.7 Å². The molecular formula is C8H17Cl. The van der Waals surface area contributed by atoms with Crippen molar-refractivity contribution in [3.63, 3.8) is 0 Å². The molecule has 1 unspecified atom stereocenters. The van der Waals surface area contributed by atoms with Crippen molar-refractivity contribution >= 4 is 11.6 Å². The highest BCUT2D eigenvalue weighted by Crippen LogP contribution is 2.29. The first-order chi connectivity index (χ1) is 3.85. The van der Waals surface area contributed by atoms with Crippen molar-refractivity contribution in [2.24, 2.45) is 11.8 Å². The maximum atomic E-state index is 6.08. The molecule has 0 radical (unpaired) electrons. The predicted molar refractivity (Wildman–Crippen MR) is 43.9 cm³/mol. The molecule has 0 aromatic rings. The molecule has 0 spiro atoms. The minimum absolute atomic E-state index is 0.0475. The van der Waals surface area contributed by atoms with E-state index in [4.69, 9.17) is 11.6 Å². The highest BCUT2D eigenvalue weighted by molar-refractivity contribution is 6.23. The van der Waals surface area contributed by atoms with Crippen molar-refractivity contribution in [1.82, 2.24) is 0 Å². The van der Waals surface area contributed by atoms with E-state index in [1.165, 1.54) is 0 Å². The van der Waals surface area contributed by atoms with Crippen LogP contribution in [0.4, 0.5) is 0 Å². The highest BCUT2D eigenvalue weighted by Gasteiger charge is 2.24. The first-order valence-corrected chi connectivity index (χ1v) is 3.92. The Balaban J connectivity index is 3.88. The lowest BCUT2D eigenvalue weighted by atomic mass is 9.87. The normalized spacial score (nSPS) is 16.3.